The quantitative estimate of drug-likeness (QED) is 0.636. The molecule has 0 radical (unpaired) electrons. The highest BCUT2D eigenvalue weighted by molar-refractivity contribution is 7.91. The van der Waals surface area contributed by atoms with Crippen molar-refractivity contribution in [3.63, 3.8) is 0 Å². The first-order valence-corrected chi connectivity index (χ1v) is 7.86. The van der Waals surface area contributed by atoms with Gasteiger partial charge in [-0.15, -0.1) is 11.6 Å². The van der Waals surface area contributed by atoms with Crippen LogP contribution in [0.4, 0.5) is 8.78 Å². The third-order valence-electron chi connectivity index (χ3n) is 2.76. The van der Waals surface area contributed by atoms with E-state index in [1.54, 1.807) is 30.3 Å². The van der Waals surface area contributed by atoms with Gasteiger partial charge in [0.1, 0.15) is 16.5 Å². The standard InChI is InChI=1S/C14H11ClF2O2S/c15-12(10-4-2-1-3-5-10)9-20(18,19)14-7-6-11(16)8-13(14)17/h1-8,12H,9H2/t12-/m1/s1. The van der Waals surface area contributed by atoms with Gasteiger partial charge in [0.2, 0.25) is 0 Å². The Balaban J connectivity index is 2.28. The molecule has 0 spiro atoms. The summed E-state index contributed by atoms with van der Waals surface area (Å²) < 4.78 is 50.5. The zero-order valence-electron chi connectivity index (χ0n) is 10.3. The van der Waals surface area contributed by atoms with Crippen molar-refractivity contribution in [3.05, 3.63) is 65.7 Å². The molecule has 0 saturated heterocycles. The Kier molecular flexibility index (Phi) is 4.40. The fourth-order valence-electron chi connectivity index (χ4n) is 1.77. The number of alkyl halides is 1. The van der Waals surface area contributed by atoms with Crippen molar-refractivity contribution in [2.24, 2.45) is 0 Å². The Bertz CT molecular complexity index is 702. The maximum Gasteiger partial charge on any atom is 0.183 e. The molecule has 0 saturated carbocycles. The number of benzene rings is 2. The second kappa shape index (κ2) is 5.89. The van der Waals surface area contributed by atoms with Crippen LogP contribution in [0, 0.1) is 11.6 Å². The highest BCUT2D eigenvalue weighted by atomic mass is 35.5. The van der Waals surface area contributed by atoms with Gasteiger partial charge in [-0.3, -0.25) is 0 Å². The van der Waals surface area contributed by atoms with E-state index in [1.807, 2.05) is 0 Å². The molecule has 2 aromatic rings. The van der Waals surface area contributed by atoms with E-state index >= 15 is 0 Å². The Labute approximate surface area is 120 Å². The van der Waals surface area contributed by atoms with Crippen molar-refractivity contribution in [3.8, 4) is 0 Å². The Morgan fingerprint density at radius 1 is 1.05 bits per heavy atom. The lowest BCUT2D eigenvalue weighted by atomic mass is 10.2. The first kappa shape index (κ1) is 14.9. The molecule has 2 nitrogen and oxygen atoms in total. The summed E-state index contributed by atoms with van der Waals surface area (Å²) in [5, 5.41) is -0.800. The van der Waals surface area contributed by atoms with Crippen LogP contribution < -0.4 is 0 Å². The van der Waals surface area contributed by atoms with Gasteiger partial charge >= 0.3 is 0 Å². The lowest BCUT2D eigenvalue weighted by Crippen LogP contribution is -2.13. The van der Waals surface area contributed by atoms with Crippen molar-refractivity contribution in [2.45, 2.75) is 10.3 Å². The van der Waals surface area contributed by atoms with Crippen LogP contribution in [0.25, 0.3) is 0 Å². The van der Waals surface area contributed by atoms with Gasteiger partial charge in [0.25, 0.3) is 0 Å². The molecule has 0 fully saturated rings. The molecule has 20 heavy (non-hydrogen) atoms. The van der Waals surface area contributed by atoms with Crippen molar-refractivity contribution in [1.82, 2.24) is 0 Å². The van der Waals surface area contributed by atoms with E-state index in [0.29, 0.717) is 11.6 Å². The summed E-state index contributed by atoms with van der Waals surface area (Å²) in [5.41, 5.74) is 0.625. The second-order valence-corrected chi connectivity index (χ2v) is 6.76. The van der Waals surface area contributed by atoms with E-state index in [9.17, 15) is 17.2 Å². The number of hydrogen-bond donors (Lipinski definition) is 0. The summed E-state index contributed by atoms with van der Waals surface area (Å²) in [6.45, 7) is 0. The van der Waals surface area contributed by atoms with Crippen LogP contribution in [0.2, 0.25) is 0 Å². The fraction of sp³-hybridized carbons (Fsp3) is 0.143. The minimum atomic E-state index is -3.93. The van der Waals surface area contributed by atoms with Crippen molar-refractivity contribution in [1.29, 1.82) is 0 Å². The molecular formula is C14H11ClF2O2S. The van der Waals surface area contributed by atoms with Crippen LogP contribution in [-0.2, 0) is 9.84 Å². The number of sulfone groups is 1. The van der Waals surface area contributed by atoms with Crippen molar-refractivity contribution < 1.29 is 17.2 Å². The van der Waals surface area contributed by atoms with Gasteiger partial charge in [-0.25, -0.2) is 17.2 Å². The topological polar surface area (TPSA) is 34.1 Å². The monoisotopic (exact) mass is 316 g/mol. The average molecular weight is 317 g/mol. The Hall–Kier alpha value is -1.46. The van der Waals surface area contributed by atoms with Gasteiger partial charge < -0.3 is 0 Å². The van der Waals surface area contributed by atoms with E-state index in [2.05, 4.69) is 0 Å². The van der Waals surface area contributed by atoms with Gasteiger partial charge in [-0.05, 0) is 17.7 Å². The second-order valence-electron chi connectivity index (χ2n) is 4.23. The molecule has 0 aliphatic rings. The summed E-state index contributed by atoms with van der Waals surface area (Å²) in [4.78, 5) is -0.541. The normalized spacial score (nSPS) is 13.2. The molecule has 106 valence electrons. The molecule has 0 aromatic heterocycles. The molecule has 0 N–H and O–H groups in total. The molecule has 1 atom stereocenters. The molecule has 0 heterocycles. The van der Waals surface area contributed by atoms with Crippen LogP contribution in [0.1, 0.15) is 10.9 Å². The van der Waals surface area contributed by atoms with Gasteiger partial charge in [0.05, 0.1) is 11.1 Å². The fourth-order valence-corrected chi connectivity index (χ4v) is 3.80. The van der Waals surface area contributed by atoms with Crippen molar-refractivity contribution >= 4 is 21.4 Å². The largest absolute Gasteiger partial charge is 0.224 e. The molecular weight excluding hydrogens is 306 g/mol. The SMILES string of the molecule is O=S(=O)(C[C@@H](Cl)c1ccccc1)c1ccc(F)cc1F. The van der Waals surface area contributed by atoms with Crippen LogP contribution in [-0.4, -0.2) is 14.2 Å². The number of hydrogen-bond acceptors (Lipinski definition) is 2. The van der Waals surface area contributed by atoms with E-state index in [0.717, 1.165) is 12.1 Å². The highest BCUT2D eigenvalue weighted by Crippen LogP contribution is 2.26. The van der Waals surface area contributed by atoms with Crippen LogP contribution in [0.3, 0.4) is 0 Å². The first-order valence-electron chi connectivity index (χ1n) is 5.77. The van der Waals surface area contributed by atoms with Gasteiger partial charge in [0.15, 0.2) is 9.84 Å². The summed E-state index contributed by atoms with van der Waals surface area (Å²) in [6, 6.07) is 11.0. The molecule has 0 aliphatic heterocycles. The third-order valence-corrected chi connectivity index (χ3v) is 5.12. The zero-order valence-corrected chi connectivity index (χ0v) is 11.8. The summed E-state index contributed by atoms with van der Waals surface area (Å²) in [5.74, 6) is -2.39. The summed E-state index contributed by atoms with van der Waals surface area (Å²) in [6.07, 6.45) is 0. The third kappa shape index (κ3) is 3.35. The minimum absolute atomic E-state index is 0.457. The van der Waals surface area contributed by atoms with E-state index in [4.69, 9.17) is 11.6 Å². The molecule has 0 aliphatic carbocycles. The predicted molar refractivity (Wildman–Crippen MR) is 73.4 cm³/mol. The van der Waals surface area contributed by atoms with E-state index in [-0.39, 0.29) is 0 Å². The van der Waals surface area contributed by atoms with E-state index in [1.165, 1.54) is 0 Å². The zero-order chi connectivity index (χ0) is 14.8. The van der Waals surface area contributed by atoms with Crippen LogP contribution in [0.5, 0.6) is 0 Å². The molecule has 2 aromatic carbocycles. The smallest absolute Gasteiger partial charge is 0.183 e. The highest BCUT2D eigenvalue weighted by Gasteiger charge is 2.24. The molecule has 0 unspecified atom stereocenters. The first-order chi connectivity index (χ1) is 9.40. The average Bonchev–Trinajstić information content (AvgIpc) is 2.38. The molecule has 0 amide bonds. The Morgan fingerprint density at radius 3 is 2.30 bits per heavy atom. The lowest BCUT2D eigenvalue weighted by Gasteiger charge is -2.11. The summed E-state index contributed by atoms with van der Waals surface area (Å²) in [7, 11) is -3.93. The predicted octanol–water partition coefficient (Wildman–Crippen LogP) is 3.72. The maximum atomic E-state index is 13.5. The van der Waals surface area contributed by atoms with Crippen molar-refractivity contribution in [2.75, 3.05) is 5.75 Å². The molecule has 6 heteroatoms. The number of halogens is 3. The van der Waals surface area contributed by atoms with Gasteiger partial charge in [0, 0.05) is 6.07 Å². The number of rotatable bonds is 4. The summed E-state index contributed by atoms with van der Waals surface area (Å²) >= 11 is 6.05. The van der Waals surface area contributed by atoms with Gasteiger partial charge in [-0.1, -0.05) is 30.3 Å². The lowest BCUT2D eigenvalue weighted by molar-refractivity contribution is 0.548. The van der Waals surface area contributed by atoms with Gasteiger partial charge in [-0.2, -0.15) is 0 Å². The van der Waals surface area contributed by atoms with Crippen LogP contribution in [0.15, 0.2) is 53.4 Å². The van der Waals surface area contributed by atoms with Crippen LogP contribution >= 0.6 is 11.6 Å². The van der Waals surface area contributed by atoms with E-state index < -0.39 is 37.5 Å². The molecule has 0 bridgehead atoms. The Morgan fingerprint density at radius 2 is 1.70 bits per heavy atom. The molecule has 2 rings (SSSR count). The minimum Gasteiger partial charge on any atom is -0.224 e. The maximum absolute atomic E-state index is 13.5.